The number of aliphatic hydroxyl groups is 1. The molecule has 1 heterocycles. The Bertz CT molecular complexity index is 851. The molecule has 3 rings (SSSR count). The van der Waals surface area contributed by atoms with Crippen molar-refractivity contribution in [2.75, 3.05) is 0 Å². The van der Waals surface area contributed by atoms with E-state index in [2.05, 4.69) is 0 Å². The van der Waals surface area contributed by atoms with Crippen molar-refractivity contribution < 1.29 is 28.9 Å². The van der Waals surface area contributed by atoms with E-state index in [-0.39, 0.29) is 0 Å². The molecule has 2 aromatic rings. The molecule has 6 heteroatoms. The SMILES string of the molecule is CC(=O)Oc1ccc(C2=Cc3ccc(OC(C)=O)cc3OC2O)cc1. The van der Waals surface area contributed by atoms with E-state index in [1.165, 1.54) is 13.8 Å². The van der Waals surface area contributed by atoms with Crippen molar-refractivity contribution in [3.05, 3.63) is 53.6 Å². The van der Waals surface area contributed by atoms with Crippen molar-refractivity contribution in [1.82, 2.24) is 0 Å². The van der Waals surface area contributed by atoms with Crippen molar-refractivity contribution in [2.24, 2.45) is 0 Å². The predicted molar refractivity (Wildman–Crippen MR) is 90.0 cm³/mol. The topological polar surface area (TPSA) is 82.1 Å². The van der Waals surface area contributed by atoms with E-state index in [0.29, 0.717) is 22.8 Å². The van der Waals surface area contributed by atoms with Crippen molar-refractivity contribution in [3.63, 3.8) is 0 Å². The van der Waals surface area contributed by atoms with Gasteiger partial charge in [-0.25, -0.2) is 0 Å². The molecular formula is C19H16O6. The van der Waals surface area contributed by atoms with Crippen LogP contribution < -0.4 is 14.2 Å². The molecule has 1 N–H and O–H groups in total. The summed E-state index contributed by atoms with van der Waals surface area (Å²) in [5, 5.41) is 10.3. The third kappa shape index (κ3) is 3.87. The number of carbonyl (C=O) groups excluding carboxylic acids is 2. The lowest BCUT2D eigenvalue weighted by Gasteiger charge is -2.24. The van der Waals surface area contributed by atoms with E-state index >= 15 is 0 Å². The first-order valence-corrected chi connectivity index (χ1v) is 7.60. The van der Waals surface area contributed by atoms with Crippen LogP contribution in [0.1, 0.15) is 25.0 Å². The molecule has 1 aliphatic rings. The van der Waals surface area contributed by atoms with Crippen LogP contribution >= 0.6 is 0 Å². The van der Waals surface area contributed by atoms with Crippen LogP contribution in [-0.2, 0) is 9.59 Å². The third-order valence-electron chi connectivity index (χ3n) is 3.51. The zero-order valence-electron chi connectivity index (χ0n) is 13.7. The highest BCUT2D eigenvalue weighted by molar-refractivity contribution is 5.87. The molecular weight excluding hydrogens is 324 g/mol. The smallest absolute Gasteiger partial charge is 0.308 e. The highest BCUT2D eigenvalue weighted by atomic mass is 16.6. The van der Waals surface area contributed by atoms with E-state index in [0.717, 1.165) is 11.1 Å². The average molecular weight is 340 g/mol. The summed E-state index contributed by atoms with van der Waals surface area (Å²) < 4.78 is 15.5. The van der Waals surface area contributed by atoms with Gasteiger partial charge in [-0.15, -0.1) is 0 Å². The van der Waals surface area contributed by atoms with Crippen LogP contribution in [0.5, 0.6) is 17.2 Å². The molecule has 0 radical (unpaired) electrons. The minimum Gasteiger partial charge on any atom is -0.460 e. The van der Waals surface area contributed by atoms with Crippen LogP contribution in [0.2, 0.25) is 0 Å². The number of benzene rings is 2. The second-order valence-electron chi connectivity index (χ2n) is 5.48. The van der Waals surface area contributed by atoms with Crippen LogP contribution in [-0.4, -0.2) is 23.3 Å². The first-order chi connectivity index (χ1) is 11.9. The van der Waals surface area contributed by atoms with Gasteiger partial charge in [0.2, 0.25) is 6.29 Å². The molecule has 128 valence electrons. The Hall–Kier alpha value is -3.12. The Morgan fingerprint density at radius 1 is 0.960 bits per heavy atom. The van der Waals surface area contributed by atoms with Gasteiger partial charge in [-0.1, -0.05) is 12.1 Å². The quantitative estimate of drug-likeness (QED) is 0.683. The van der Waals surface area contributed by atoms with Gasteiger partial charge in [0.25, 0.3) is 0 Å². The minimum atomic E-state index is -1.17. The lowest BCUT2D eigenvalue weighted by Crippen LogP contribution is -2.21. The van der Waals surface area contributed by atoms with Gasteiger partial charge in [-0.2, -0.15) is 0 Å². The number of esters is 2. The van der Waals surface area contributed by atoms with Gasteiger partial charge in [0.1, 0.15) is 17.2 Å². The number of rotatable bonds is 3. The molecule has 0 spiro atoms. The molecule has 0 saturated carbocycles. The fraction of sp³-hybridized carbons (Fsp3) is 0.158. The molecule has 0 amide bonds. The lowest BCUT2D eigenvalue weighted by molar-refractivity contribution is -0.132. The summed E-state index contributed by atoms with van der Waals surface area (Å²) in [6, 6.07) is 11.7. The van der Waals surface area contributed by atoms with E-state index in [1.807, 2.05) is 0 Å². The summed E-state index contributed by atoms with van der Waals surface area (Å²) in [5.41, 5.74) is 2.06. The molecule has 2 aromatic carbocycles. The molecule has 0 saturated heterocycles. The molecule has 0 aliphatic carbocycles. The fourth-order valence-corrected chi connectivity index (χ4v) is 2.50. The summed E-state index contributed by atoms with van der Waals surface area (Å²) in [4.78, 5) is 22.0. The van der Waals surface area contributed by atoms with Crippen LogP contribution in [0.15, 0.2) is 42.5 Å². The van der Waals surface area contributed by atoms with Crippen molar-refractivity contribution in [1.29, 1.82) is 0 Å². The number of fused-ring (bicyclic) bond motifs is 1. The van der Waals surface area contributed by atoms with E-state index in [1.54, 1.807) is 48.5 Å². The summed E-state index contributed by atoms with van der Waals surface area (Å²) >= 11 is 0. The van der Waals surface area contributed by atoms with Crippen LogP contribution in [0.25, 0.3) is 11.6 Å². The van der Waals surface area contributed by atoms with Gasteiger partial charge >= 0.3 is 11.9 Å². The van der Waals surface area contributed by atoms with E-state index in [4.69, 9.17) is 14.2 Å². The standard InChI is InChI=1S/C19H16O6/c1-11(20)23-15-6-3-13(4-7-15)17-9-14-5-8-16(24-12(2)21)10-18(14)25-19(17)22/h3-10,19,22H,1-2H3. The Labute approximate surface area is 144 Å². The van der Waals surface area contributed by atoms with Gasteiger partial charge in [0.15, 0.2) is 0 Å². The van der Waals surface area contributed by atoms with Gasteiger partial charge in [0, 0.05) is 31.1 Å². The van der Waals surface area contributed by atoms with Crippen molar-refractivity contribution in [2.45, 2.75) is 20.1 Å². The molecule has 1 aliphatic heterocycles. The summed E-state index contributed by atoms with van der Waals surface area (Å²) in [6.45, 7) is 2.64. The monoisotopic (exact) mass is 340 g/mol. The van der Waals surface area contributed by atoms with Gasteiger partial charge in [-0.3, -0.25) is 9.59 Å². The zero-order valence-corrected chi connectivity index (χ0v) is 13.7. The Balaban J connectivity index is 1.89. The van der Waals surface area contributed by atoms with Gasteiger partial charge < -0.3 is 19.3 Å². The lowest BCUT2D eigenvalue weighted by atomic mass is 9.99. The maximum Gasteiger partial charge on any atom is 0.308 e. The first-order valence-electron chi connectivity index (χ1n) is 7.60. The molecule has 0 fully saturated rings. The Kier molecular flexibility index (Phi) is 4.54. The second-order valence-corrected chi connectivity index (χ2v) is 5.48. The Morgan fingerprint density at radius 2 is 1.56 bits per heavy atom. The summed E-state index contributed by atoms with van der Waals surface area (Å²) in [5.74, 6) is 0.368. The zero-order chi connectivity index (χ0) is 18.0. The maximum atomic E-state index is 11.0. The van der Waals surface area contributed by atoms with Crippen LogP contribution in [0.4, 0.5) is 0 Å². The van der Waals surface area contributed by atoms with Crippen molar-refractivity contribution >= 4 is 23.6 Å². The summed E-state index contributed by atoms with van der Waals surface area (Å²) in [7, 11) is 0. The minimum absolute atomic E-state index is 0.348. The van der Waals surface area contributed by atoms with Crippen molar-refractivity contribution in [3.8, 4) is 17.2 Å². The third-order valence-corrected chi connectivity index (χ3v) is 3.51. The number of hydrogen-bond donors (Lipinski definition) is 1. The first kappa shape index (κ1) is 16.7. The van der Waals surface area contributed by atoms with E-state index in [9.17, 15) is 14.7 Å². The normalized spacial score (nSPS) is 15.5. The highest BCUT2D eigenvalue weighted by Gasteiger charge is 2.22. The largest absolute Gasteiger partial charge is 0.460 e. The summed E-state index contributed by atoms with van der Waals surface area (Å²) in [6.07, 6.45) is 0.627. The van der Waals surface area contributed by atoms with Gasteiger partial charge in [0.05, 0.1) is 0 Å². The van der Waals surface area contributed by atoms with Crippen LogP contribution in [0.3, 0.4) is 0 Å². The fourth-order valence-electron chi connectivity index (χ4n) is 2.50. The molecule has 1 unspecified atom stereocenters. The Morgan fingerprint density at radius 3 is 2.20 bits per heavy atom. The number of hydrogen-bond acceptors (Lipinski definition) is 6. The average Bonchev–Trinajstić information content (AvgIpc) is 2.54. The molecule has 25 heavy (non-hydrogen) atoms. The number of carbonyl (C=O) groups is 2. The molecule has 6 nitrogen and oxygen atoms in total. The molecule has 0 aromatic heterocycles. The predicted octanol–water partition coefficient (Wildman–Crippen LogP) is 2.79. The highest BCUT2D eigenvalue weighted by Crippen LogP contribution is 2.36. The molecule has 0 bridgehead atoms. The van der Waals surface area contributed by atoms with E-state index < -0.39 is 18.2 Å². The van der Waals surface area contributed by atoms with Crippen LogP contribution in [0, 0.1) is 0 Å². The maximum absolute atomic E-state index is 11.0. The van der Waals surface area contributed by atoms with Gasteiger partial charge in [-0.05, 0) is 35.9 Å². The number of ether oxygens (including phenoxy) is 3. The number of aliphatic hydroxyl groups excluding tert-OH is 1. The second kappa shape index (κ2) is 6.78. The molecule has 1 atom stereocenters.